The molecule has 0 aliphatic carbocycles. The van der Waals surface area contributed by atoms with Crippen LogP contribution >= 0.6 is 0 Å². The number of fused-ring (bicyclic) bond motifs is 1. The second-order valence-corrected chi connectivity index (χ2v) is 8.95. The Hall–Kier alpha value is -4.73. The highest BCUT2D eigenvalue weighted by Gasteiger charge is 2.15. The minimum absolute atomic E-state index is 0.129. The molecule has 5 aromatic rings. The van der Waals surface area contributed by atoms with Gasteiger partial charge in [0.05, 0.1) is 31.8 Å². The van der Waals surface area contributed by atoms with Crippen molar-refractivity contribution in [1.82, 2.24) is 34.8 Å². The molecule has 0 aliphatic heterocycles. The highest BCUT2D eigenvalue weighted by atomic mass is 16.5. The van der Waals surface area contributed by atoms with Gasteiger partial charge in [-0.2, -0.15) is 5.10 Å². The van der Waals surface area contributed by atoms with Gasteiger partial charge in [0.1, 0.15) is 17.4 Å². The highest BCUT2D eigenvalue weighted by Crippen LogP contribution is 2.30. The first-order chi connectivity index (χ1) is 17.9. The van der Waals surface area contributed by atoms with Crippen molar-refractivity contribution < 1.29 is 9.53 Å². The number of nitrogens with zero attached hydrogens (tertiary/aromatic N) is 6. The van der Waals surface area contributed by atoms with Crippen molar-refractivity contribution in [3.8, 4) is 5.75 Å². The number of carbonyl (C=O) groups is 1. The first-order valence-electron chi connectivity index (χ1n) is 11.9. The molecule has 0 radical (unpaired) electrons. The molecule has 3 N–H and O–H groups in total. The summed E-state index contributed by atoms with van der Waals surface area (Å²) in [6, 6.07) is 13.9. The number of pyridine rings is 1. The fourth-order valence-corrected chi connectivity index (χ4v) is 4.22. The molecule has 188 valence electrons. The van der Waals surface area contributed by atoms with Crippen molar-refractivity contribution in [2.75, 3.05) is 12.8 Å². The first kappa shape index (κ1) is 24.0. The van der Waals surface area contributed by atoms with Crippen molar-refractivity contribution >= 4 is 22.5 Å². The zero-order valence-corrected chi connectivity index (χ0v) is 21.0. The summed E-state index contributed by atoms with van der Waals surface area (Å²) >= 11 is 0. The van der Waals surface area contributed by atoms with Gasteiger partial charge in [-0.3, -0.25) is 9.48 Å². The van der Waals surface area contributed by atoms with Gasteiger partial charge in [-0.05, 0) is 59.7 Å². The number of nitrogens with two attached hydrogens (primary N) is 1. The zero-order valence-electron chi connectivity index (χ0n) is 21.0. The largest absolute Gasteiger partial charge is 0.496 e. The van der Waals surface area contributed by atoms with Gasteiger partial charge in [-0.25, -0.2) is 14.6 Å². The molecule has 3 heterocycles. The van der Waals surface area contributed by atoms with E-state index in [0.29, 0.717) is 30.5 Å². The van der Waals surface area contributed by atoms with Crippen LogP contribution in [-0.4, -0.2) is 42.5 Å². The number of ether oxygens (including phenoxy) is 1. The van der Waals surface area contributed by atoms with Crippen molar-refractivity contribution in [2.24, 2.45) is 0 Å². The fraction of sp³-hybridized carbons (Fsp3) is 0.222. The normalized spacial score (nSPS) is 11.1. The second-order valence-electron chi connectivity index (χ2n) is 8.95. The maximum atomic E-state index is 12.8. The van der Waals surface area contributed by atoms with Crippen LogP contribution in [0.2, 0.25) is 0 Å². The molecular formula is C27H28N8O2. The predicted molar refractivity (Wildman–Crippen MR) is 140 cm³/mol. The summed E-state index contributed by atoms with van der Waals surface area (Å²) in [4.78, 5) is 21.3. The molecule has 0 aliphatic rings. The minimum atomic E-state index is -0.347. The molecule has 0 unspecified atom stereocenters. The van der Waals surface area contributed by atoms with Gasteiger partial charge in [0.2, 0.25) is 5.82 Å². The van der Waals surface area contributed by atoms with E-state index in [9.17, 15) is 4.79 Å². The number of aromatic nitrogens is 6. The summed E-state index contributed by atoms with van der Waals surface area (Å²) in [5.41, 5.74) is 10.2. The maximum absolute atomic E-state index is 12.8. The molecule has 2 aromatic carbocycles. The Morgan fingerprint density at radius 2 is 1.81 bits per heavy atom. The molecule has 10 heteroatoms. The quantitative estimate of drug-likeness (QED) is 0.338. The molecule has 37 heavy (non-hydrogen) atoms. The number of nitrogen functional groups attached to an aromatic ring is 1. The van der Waals surface area contributed by atoms with Crippen LogP contribution in [0.4, 0.5) is 5.82 Å². The third kappa shape index (κ3) is 5.27. The van der Waals surface area contributed by atoms with Crippen molar-refractivity contribution in [1.29, 1.82) is 0 Å². The van der Waals surface area contributed by atoms with Gasteiger partial charge >= 0.3 is 0 Å². The Bertz CT molecular complexity index is 1570. The second kappa shape index (κ2) is 10.1. The summed E-state index contributed by atoms with van der Waals surface area (Å²) in [5.74, 6) is 1.45. The van der Waals surface area contributed by atoms with Crippen LogP contribution < -0.4 is 15.8 Å². The zero-order chi connectivity index (χ0) is 25.9. The monoisotopic (exact) mass is 496 g/mol. The number of benzene rings is 2. The summed E-state index contributed by atoms with van der Waals surface area (Å²) in [7, 11) is 1.58. The van der Waals surface area contributed by atoms with Crippen LogP contribution in [0.5, 0.6) is 5.75 Å². The van der Waals surface area contributed by atoms with Crippen molar-refractivity contribution in [3.63, 3.8) is 0 Å². The summed E-state index contributed by atoms with van der Waals surface area (Å²) in [6.07, 6.45) is 5.51. The van der Waals surface area contributed by atoms with Gasteiger partial charge in [-0.15, -0.1) is 5.10 Å². The summed E-state index contributed by atoms with van der Waals surface area (Å²) < 4.78 is 9.13. The third-order valence-corrected chi connectivity index (χ3v) is 6.11. The Morgan fingerprint density at radius 3 is 2.51 bits per heavy atom. The van der Waals surface area contributed by atoms with E-state index in [1.165, 1.54) is 0 Å². The first-order valence-corrected chi connectivity index (χ1v) is 11.9. The van der Waals surface area contributed by atoms with Crippen LogP contribution in [0.1, 0.15) is 38.7 Å². The summed E-state index contributed by atoms with van der Waals surface area (Å²) in [6.45, 7) is 5.39. The molecule has 3 aromatic heterocycles. The average molecular weight is 497 g/mol. The van der Waals surface area contributed by atoms with Crippen LogP contribution in [0.3, 0.4) is 0 Å². The topological polar surface area (TPSA) is 126 Å². The minimum Gasteiger partial charge on any atom is -0.496 e. The van der Waals surface area contributed by atoms with Gasteiger partial charge in [-0.1, -0.05) is 24.3 Å². The smallest absolute Gasteiger partial charge is 0.291 e. The number of hydrogen-bond donors (Lipinski definition) is 2. The molecule has 1 amide bonds. The maximum Gasteiger partial charge on any atom is 0.291 e. The number of amides is 1. The van der Waals surface area contributed by atoms with Gasteiger partial charge in [0.25, 0.3) is 5.91 Å². The van der Waals surface area contributed by atoms with E-state index >= 15 is 0 Å². The van der Waals surface area contributed by atoms with Crippen LogP contribution in [0.25, 0.3) is 10.8 Å². The molecule has 0 spiro atoms. The van der Waals surface area contributed by atoms with Crippen LogP contribution in [0.15, 0.2) is 61.1 Å². The van der Waals surface area contributed by atoms with E-state index in [1.54, 1.807) is 18.0 Å². The lowest BCUT2D eigenvalue weighted by Gasteiger charge is -2.11. The molecule has 5 rings (SSSR count). The number of anilines is 1. The fourth-order valence-electron chi connectivity index (χ4n) is 4.22. The number of carbonyl (C=O) groups excluding carboxylic acids is 1. The number of methoxy groups -OCH3 is 1. The molecule has 0 atom stereocenters. The lowest BCUT2D eigenvalue weighted by atomic mass is 10.1. The number of nitrogens with one attached hydrogen (secondary N) is 1. The molecule has 10 nitrogen and oxygen atoms in total. The van der Waals surface area contributed by atoms with E-state index in [-0.39, 0.29) is 18.3 Å². The van der Waals surface area contributed by atoms with Crippen LogP contribution in [-0.2, 0) is 19.6 Å². The van der Waals surface area contributed by atoms with Crippen LogP contribution in [0, 0.1) is 13.8 Å². The molecule has 0 saturated heterocycles. The number of hydrogen-bond acceptors (Lipinski definition) is 7. The van der Waals surface area contributed by atoms with E-state index in [4.69, 9.17) is 10.5 Å². The van der Waals surface area contributed by atoms with Crippen molar-refractivity contribution in [3.05, 3.63) is 95.0 Å². The molecule has 0 saturated carbocycles. The lowest BCUT2D eigenvalue weighted by molar-refractivity contribution is 0.0940. The summed E-state index contributed by atoms with van der Waals surface area (Å²) in [5, 5.41) is 13.3. The Labute approximate surface area is 214 Å². The predicted octanol–water partition coefficient (Wildman–Crippen LogP) is 3.26. The lowest BCUT2D eigenvalue weighted by Crippen LogP contribution is -2.24. The van der Waals surface area contributed by atoms with E-state index in [2.05, 4.69) is 49.7 Å². The Morgan fingerprint density at radius 1 is 1.05 bits per heavy atom. The van der Waals surface area contributed by atoms with Gasteiger partial charge in [0, 0.05) is 18.9 Å². The van der Waals surface area contributed by atoms with Crippen molar-refractivity contribution in [2.45, 2.75) is 33.5 Å². The average Bonchev–Trinajstić information content (AvgIpc) is 3.47. The SMILES string of the molecule is COc1cc(CNC(=O)c2nc(C)n(Cc3ccc(Cn4cc(C)cn4)cc3)n2)cc2ccnc(N)c12. The third-order valence-electron chi connectivity index (χ3n) is 6.11. The number of aryl methyl sites for hydroxylation is 2. The van der Waals surface area contributed by atoms with Gasteiger partial charge in [0.15, 0.2) is 0 Å². The molecular weight excluding hydrogens is 468 g/mol. The van der Waals surface area contributed by atoms with E-state index in [0.717, 1.165) is 33.0 Å². The highest BCUT2D eigenvalue weighted by molar-refractivity contribution is 5.96. The Balaban J connectivity index is 1.24. The molecule has 0 bridgehead atoms. The number of rotatable bonds is 8. The van der Waals surface area contributed by atoms with E-state index < -0.39 is 0 Å². The standard InChI is InChI=1S/C27H28N8O2/c1-17-12-31-34(14-17)15-19-4-6-20(7-5-19)16-35-18(2)32-26(33-35)27(36)30-13-21-10-22-8-9-29-25(28)24(22)23(11-21)37-3/h4-12,14H,13,15-16H2,1-3H3,(H2,28,29)(H,30,36). The molecule has 0 fully saturated rings. The van der Waals surface area contributed by atoms with E-state index in [1.807, 2.05) is 49.1 Å². The Kier molecular flexibility index (Phi) is 6.55. The van der Waals surface area contributed by atoms with Gasteiger partial charge < -0.3 is 15.8 Å².